The lowest BCUT2D eigenvalue weighted by Gasteiger charge is -2.38. The number of H-pyrrole nitrogens is 2. The maximum Gasteiger partial charge on any atom is 0.303 e. The van der Waals surface area contributed by atoms with Gasteiger partial charge in [0.25, 0.3) is 23.6 Å². The first kappa shape index (κ1) is 43.4. The van der Waals surface area contributed by atoms with Gasteiger partial charge in [-0.1, -0.05) is 78.9 Å². The number of hydrogen-bond donors (Lipinski definition) is 6. The standard InChI is InChI=1S/C28H23N3O6.C28H21N3O4/c1-12(32)37-18-11-10-17(25(33)26(18)34)31-16-9-5-3-7-14(16)20-22-21(27(35)30-28(22)36)19-13-6-2-4-8-15(13)29-23(19)24(20)31;1-14(32)35-16-12-10-15(11-13-16)31-20-9-5-3-7-18(20)22-24-23(27(33)30-28(24)34)21-17-6-2-4-8-19(17)29-25(21)26(22)31/h2-9,17-18,25-26,29,33-34H,10-11H2,1H3,(H,30,35,36);2-10,12,15-16,29H,11,13H2,1H3,(H,30,33,34)/t17?,18-,25-,26+;15?,16-/m01/s1. The van der Waals surface area contributed by atoms with E-state index in [4.69, 9.17) is 9.47 Å². The Bertz CT molecular complexity index is 4130. The van der Waals surface area contributed by atoms with Crippen LogP contribution < -0.4 is 10.6 Å². The first-order valence-corrected chi connectivity index (χ1v) is 24.0. The molecule has 16 heteroatoms. The molecule has 2 aliphatic heterocycles. The summed E-state index contributed by atoms with van der Waals surface area (Å²) in [6.45, 7) is 2.70. The van der Waals surface area contributed by atoms with E-state index in [1.165, 1.54) is 13.8 Å². The second kappa shape index (κ2) is 16.0. The van der Waals surface area contributed by atoms with Crippen molar-refractivity contribution < 1.29 is 48.5 Å². The summed E-state index contributed by atoms with van der Waals surface area (Å²) in [5.41, 5.74) is 8.12. The number of para-hydroxylation sites is 4. The summed E-state index contributed by atoms with van der Waals surface area (Å²) in [5, 5.41) is 33.5. The average molecular weight is 961 g/mol. The average Bonchev–Trinajstić information content (AvgIpc) is 4.21. The van der Waals surface area contributed by atoms with E-state index >= 15 is 0 Å². The number of aliphatic hydroxyl groups excluding tert-OH is 2. The summed E-state index contributed by atoms with van der Waals surface area (Å²) in [5.74, 6) is -2.43. The number of nitrogens with zero attached hydrogens (tertiary/aromatic N) is 2. The normalized spacial score (nSPS) is 21.8. The van der Waals surface area contributed by atoms with E-state index in [2.05, 4.69) is 37.3 Å². The Morgan fingerprint density at radius 3 is 1.47 bits per heavy atom. The zero-order valence-electron chi connectivity index (χ0n) is 38.7. The summed E-state index contributed by atoms with van der Waals surface area (Å²) < 4.78 is 14.9. The molecule has 0 radical (unpaired) electrons. The van der Waals surface area contributed by atoms with Gasteiger partial charge in [-0.25, -0.2) is 0 Å². The van der Waals surface area contributed by atoms with E-state index < -0.39 is 42.1 Å². The number of carbonyl (C=O) groups excluding carboxylic acids is 6. The predicted molar refractivity (Wildman–Crippen MR) is 270 cm³/mol. The van der Waals surface area contributed by atoms with E-state index in [1.54, 1.807) is 0 Å². The van der Waals surface area contributed by atoms with Gasteiger partial charge in [-0.05, 0) is 56.0 Å². The molecule has 2 unspecified atom stereocenters. The molecule has 1 fully saturated rings. The maximum atomic E-state index is 13.2. The van der Waals surface area contributed by atoms with Gasteiger partial charge in [-0.3, -0.25) is 39.4 Å². The van der Waals surface area contributed by atoms with E-state index in [-0.39, 0.29) is 29.9 Å². The van der Waals surface area contributed by atoms with Crippen molar-refractivity contribution in [1.82, 2.24) is 29.7 Å². The van der Waals surface area contributed by atoms with E-state index in [1.807, 2.05) is 102 Å². The third-order valence-electron chi connectivity index (χ3n) is 15.0. The molecule has 72 heavy (non-hydrogen) atoms. The van der Waals surface area contributed by atoms with Crippen molar-refractivity contribution in [2.24, 2.45) is 0 Å². The molecule has 6 heterocycles. The van der Waals surface area contributed by atoms with E-state index in [9.17, 15) is 39.0 Å². The largest absolute Gasteiger partial charge is 0.460 e. The number of carbonyl (C=O) groups is 6. The highest BCUT2D eigenvalue weighted by Crippen LogP contribution is 2.48. The van der Waals surface area contributed by atoms with Crippen LogP contribution in [0.3, 0.4) is 0 Å². The Balaban J connectivity index is 0.000000140. The van der Waals surface area contributed by atoms with Gasteiger partial charge in [0.15, 0.2) is 0 Å². The molecular formula is C56H44N6O10. The third kappa shape index (κ3) is 6.18. The number of aromatic amines is 2. The summed E-state index contributed by atoms with van der Waals surface area (Å²) in [7, 11) is 0. The van der Waals surface area contributed by atoms with Crippen LogP contribution in [-0.4, -0.2) is 89.3 Å². The lowest BCUT2D eigenvalue weighted by atomic mass is 9.87. The topological polar surface area (TPSA) is 227 Å². The fraction of sp³-hybridized carbons (Fsp3) is 0.214. The molecule has 14 rings (SSSR count). The minimum Gasteiger partial charge on any atom is -0.460 e. The molecule has 0 bridgehead atoms. The van der Waals surface area contributed by atoms with Crippen molar-refractivity contribution in [1.29, 1.82) is 0 Å². The minimum atomic E-state index is -1.28. The van der Waals surface area contributed by atoms with E-state index in [0.717, 1.165) is 71.8 Å². The molecule has 6 N–H and O–H groups in total. The van der Waals surface area contributed by atoms with E-state index in [0.29, 0.717) is 63.3 Å². The van der Waals surface area contributed by atoms with Gasteiger partial charge in [0.1, 0.15) is 24.4 Å². The smallest absolute Gasteiger partial charge is 0.303 e. The summed E-state index contributed by atoms with van der Waals surface area (Å²) in [6, 6.07) is 30.4. The number of aromatic nitrogens is 4. The number of rotatable bonds is 4. The summed E-state index contributed by atoms with van der Waals surface area (Å²) >= 11 is 0. The van der Waals surface area contributed by atoms with Gasteiger partial charge in [0.2, 0.25) is 0 Å². The highest BCUT2D eigenvalue weighted by atomic mass is 16.6. The monoisotopic (exact) mass is 960 g/mol. The van der Waals surface area contributed by atoms with Crippen LogP contribution in [-0.2, 0) is 19.1 Å². The molecular weight excluding hydrogens is 917 g/mol. The first-order chi connectivity index (χ1) is 34.9. The molecule has 0 saturated heterocycles. The SMILES string of the molecule is CC(=O)O[C@@H]1C=CC(n2c3ccccc3c3c4c(c5c6ccccc6[nH]c5c32)C(=O)NC4=O)CC1.CC(=O)O[C@H]1CCC(n2c3ccccc3c3c4c(c5c6ccccc6[nH]c5c32)C(=O)NC4=O)[C@H](O)[C@@H]1O. The fourth-order valence-electron chi connectivity index (χ4n) is 12.3. The van der Waals surface area contributed by atoms with Crippen LogP contribution in [0, 0.1) is 0 Å². The maximum absolute atomic E-state index is 13.2. The number of allylic oxidation sites excluding steroid dienone is 1. The molecule has 1 saturated carbocycles. The summed E-state index contributed by atoms with van der Waals surface area (Å²) in [4.78, 5) is 82.4. The van der Waals surface area contributed by atoms with Crippen molar-refractivity contribution in [3.8, 4) is 0 Å². The van der Waals surface area contributed by atoms with Crippen LogP contribution in [0.25, 0.3) is 87.2 Å². The number of hydrogen-bond acceptors (Lipinski definition) is 10. The predicted octanol–water partition coefficient (Wildman–Crippen LogP) is 8.44. The lowest BCUT2D eigenvalue weighted by molar-refractivity contribution is -0.165. The number of imide groups is 2. The third-order valence-corrected chi connectivity index (χ3v) is 15.0. The lowest BCUT2D eigenvalue weighted by Crippen LogP contribution is -2.48. The van der Waals surface area contributed by atoms with Gasteiger partial charge in [0, 0.05) is 79.0 Å². The Kier molecular flexibility index (Phi) is 9.63. The number of ether oxygens (including phenoxy) is 2. The first-order valence-electron chi connectivity index (χ1n) is 24.0. The van der Waals surface area contributed by atoms with Crippen molar-refractivity contribution in [2.45, 2.75) is 76.0 Å². The molecule has 16 nitrogen and oxygen atoms in total. The van der Waals surface area contributed by atoms with Gasteiger partial charge < -0.3 is 38.8 Å². The zero-order chi connectivity index (χ0) is 49.4. The molecule has 6 aromatic carbocycles. The van der Waals surface area contributed by atoms with Crippen molar-refractivity contribution in [3.05, 3.63) is 131 Å². The molecule has 4 aromatic heterocycles. The highest BCUT2D eigenvalue weighted by Gasteiger charge is 2.43. The van der Waals surface area contributed by atoms with Crippen LogP contribution in [0.2, 0.25) is 0 Å². The second-order valence-electron chi connectivity index (χ2n) is 19.1. The van der Waals surface area contributed by atoms with Crippen LogP contribution in [0.5, 0.6) is 0 Å². The Morgan fingerprint density at radius 2 is 0.972 bits per heavy atom. The molecule has 10 aromatic rings. The fourth-order valence-corrected chi connectivity index (χ4v) is 12.3. The number of fused-ring (bicyclic) bond motifs is 20. The van der Waals surface area contributed by atoms with Gasteiger partial charge >= 0.3 is 11.9 Å². The number of aliphatic hydroxyl groups is 2. The van der Waals surface area contributed by atoms with Crippen LogP contribution in [0.1, 0.15) is 93.0 Å². The second-order valence-corrected chi connectivity index (χ2v) is 19.1. The number of benzene rings is 6. The van der Waals surface area contributed by atoms with Crippen molar-refractivity contribution in [3.63, 3.8) is 0 Å². The van der Waals surface area contributed by atoms with Crippen molar-refractivity contribution in [2.75, 3.05) is 0 Å². The zero-order valence-corrected chi connectivity index (χ0v) is 38.7. The number of amides is 4. The van der Waals surface area contributed by atoms with Gasteiger partial charge in [-0.15, -0.1) is 0 Å². The number of esters is 2. The Morgan fingerprint density at radius 1 is 0.514 bits per heavy atom. The minimum absolute atomic E-state index is 0.00274. The molecule has 4 amide bonds. The highest BCUT2D eigenvalue weighted by molar-refractivity contribution is 6.41. The van der Waals surface area contributed by atoms with Crippen LogP contribution in [0.4, 0.5) is 0 Å². The van der Waals surface area contributed by atoms with Crippen LogP contribution in [0.15, 0.2) is 109 Å². The summed E-state index contributed by atoms with van der Waals surface area (Å²) in [6.07, 6.45) is 2.72. The molecule has 4 aliphatic rings. The van der Waals surface area contributed by atoms with Crippen molar-refractivity contribution >= 4 is 123 Å². The quantitative estimate of drug-likeness (QED) is 0.0561. The molecule has 0 spiro atoms. The molecule has 6 atom stereocenters. The number of nitrogens with one attached hydrogen (secondary N) is 4. The van der Waals surface area contributed by atoms with Gasteiger partial charge in [-0.2, -0.15) is 0 Å². The molecule has 2 aliphatic carbocycles. The Hall–Kier alpha value is -8.60. The molecule has 358 valence electrons. The Labute approximate surface area is 407 Å². The van der Waals surface area contributed by atoms with Crippen LogP contribution >= 0.6 is 0 Å². The van der Waals surface area contributed by atoms with Gasteiger partial charge in [0.05, 0.1) is 56.4 Å².